The number of aryl methyl sites for hydroxylation is 1. The number of fused-ring (bicyclic) bond motifs is 1. The number of Topliss-reactive ketones (excluding diaryl/α,β-unsaturated/α-hetero) is 1. The number of amides is 1. The number of ether oxygens (including phenoxy) is 2. The largest absolute Gasteiger partial charge is 0.462 e. The van der Waals surface area contributed by atoms with Gasteiger partial charge in [0.1, 0.15) is 5.76 Å². The van der Waals surface area contributed by atoms with Gasteiger partial charge in [0.25, 0.3) is 5.91 Å². The van der Waals surface area contributed by atoms with E-state index >= 15 is 0 Å². The fraction of sp³-hybridized carbons (Fsp3) is 0.364. The lowest BCUT2D eigenvalue weighted by atomic mass is 9.94. The van der Waals surface area contributed by atoms with Crippen molar-refractivity contribution in [1.82, 2.24) is 0 Å². The van der Waals surface area contributed by atoms with E-state index in [0.717, 1.165) is 0 Å². The van der Waals surface area contributed by atoms with Gasteiger partial charge in [0.15, 0.2) is 11.5 Å². The fourth-order valence-electron chi connectivity index (χ4n) is 3.42. The highest BCUT2D eigenvalue weighted by molar-refractivity contribution is 6.08. The number of nitrogens with one attached hydrogen (secondary N) is 1. The van der Waals surface area contributed by atoms with E-state index in [2.05, 4.69) is 5.32 Å². The third-order valence-electron chi connectivity index (χ3n) is 4.73. The maximum Gasteiger partial charge on any atom is 0.338 e. The van der Waals surface area contributed by atoms with Crippen LogP contribution in [-0.2, 0) is 15.9 Å². The van der Waals surface area contributed by atoms with Crippen molar-refractivity contribution in [1.29, 1.82) is 0 Å². The highest BCUT2D eigenvalue weighted by Gasteiger charge is 2.29. The number of rotatable bonds is 6. The summed E-state index contributed by atoms with van der Waals surface area (Å²) in [7, 11) is 0. The maximum absolute atomic E-state index is 12.8. The van der Waals surface area contributed by atoms with Crippen molar-refractivity contribution in [2.45, 2.75) is 40.0 Å². The summed E-state index contributed by atoms with van der Waals surface area (Å²) < 4.78 is 15.6. The van der Waals surface area contributed by atoms with E-state index in [0.29, 0.717) is 36.1 Å². The zero-order valence-electron chi connectivity index (χ0n) is 17.1. The Bertz CT molecular complexity index is 982. The summed E-state index contributed by atoms with van der Waals surface area (Å²) in [6, 6.07) is 4.16. The van der Waals surface area contributed by atoms with E-state index in [1.807, 2.05) is 0 Å². The molecule has 0 spiro atoms. The van der Waals surface area contributed by atoms with Crippen LogP contribution in [0.5, 0.6) is 0 Å². The summed E-state index contributed by atoms with van der Waals surface area (Å²) in [4.78, 5) is 49.3. The van der Waals surface area contributed by atoms with Crippen LogP contribution in [0.3, 0.4) is 0 Å². The van der Waals surface area contributed by atoms with Gasteiger partial charge in [-0.3, -0.25) is 9.59 Å². The molecule has 30 heavy (non-hydrogen) atoms. The molecule has 0 bridgehead atoms. The number of hydrogen-bond acceptors (Lipinski definition) is 7. The number of anilines is 1. The van der Waals surface area contributed by atoms with Gasteiger partial charge in [-0.2, -0.15) is 0 Å². The quantitative estimate of drug-likeness (QED) is 0.718. The first kappa shape index (κ1) is 21.3. The van der Waals surface area contributed by atoms with Crippen molar-refractivity contribution in [3.05, 3.63) is 52.0 Å². The molecule has 1 N–H and O–H groups in total. The maximum atomic E-state index is 12.8. The number of ketones is 1. The van der Waals surface area contributed by atoms with Gasteiger partial charge in [-0.1, -0.05) is 0 Å². The van der Waals surface area contributed by atoms with E-state index < -0.39 is 17.8 Å². The Morgan fingerprint density at radius 1 is 1.00 bits per heavy atom. The van der Waals surface area contributed by atoms with Crippen molar-refractivity contribution in [2.75, 3.05) is 18.5 Å². The van der Waals surface area contributed by atoms with Gasteiger partial charge in [0.05, 0.1) is 29.9 Å². The summed E-state index contributed by atoms with van der Waals surface area (Å²) in [6.07, 6.45) is 1.71. The minimum Gasteiger partial charge on any atom is -0.462 e. The van der Waals surface area contributed by atoms with E-state index in [4.69, 9.17) is 13.9 Å². The van der Waals surface area contributed by atoms with Gasteiger partial charge in [-0.15, -0.1) is 0 Å². The molecule has 0 radical (unpaired) electrons. The van der Waals surface area contributed by atoms with Crippen LogP contribution < -0.4 is 5.32 Å². The van der Waals surface area contributed by atoms with Crippen LogP contribution in [0.2, 0.25) is 0 Å². The third kappa shape index (κ3) is 4.27. The van der Waals surface area contributed by atoms with E-state index in [9.17, 15) is 19.2 Å². The average molecular weight is 413 g/mol. The predicted octanol–water partition coefficient (Wildman–Crippen LogP) is 3.71. The van der Waals surface area contributed by atoms with Crippen LogP contribution in [0.4, 0.5) is 5.69 Å². The molecule has 1 heterocycles. The number of esters is 2. The van der Waals surface area contributed by atoms with Crippen LogP contribution in [0.15, 0.2) is 22.6 Å². The van der Waals surface area contributed by atoms with E-state index in [-0.39, 0.29) is 41.6 Å². The van der Waals surface area contributed by atoms with Crippen molar-refractivity contribution in [3.63, 3.8) is 0 Å². The van der Waals surface area contributed by atoms with Gasteiger partial charge in [-0.25, -0.2) is 9.59 Å². The Morgan fingerprint density at radius 2 is 1.60 bits per heavy atom. The number of hydrogen-bond donors (Lipinski definition) is 1. The molecule has 1 aromatic carbocycles. The lowest BCUT2D eigenvalue weighted by molar-refractivity contribution is 0.0524. The molecule has 0 saturated carbocycles. The molecule has 0 unspecified atom stereocenters. The molecule has 1 aliphatic rings. The smallest absolute Gasteiger partial charge is 0.338 e. The Hall–Kier alpha value is -3.42. The Labute approximate surface area is 173 Å². The van der Waals surface area contributed by atoms with Crippen molar-refractivity contribution < 1.29 is 33.1 Å². The third-order valence-corrected chi connectivity index (χ3v) is 4.73. The van der Waals surface area contributed by atoms with Crippen molar-refractivity contribution >= 4 is 29.3 Å². The lowest BCUT2D eigenvalue weighted by Crippen LogP contribution is -2.15. The molecule has 0 saturated heterocycles. The zero-order valence-corrected chi connectivity index (χ0v) is 17.1. The van der Waals surface area contributed by atoms with Crippen LogP contribution in [0, 0.1) is 6.92 Å². The SMILES string of the molecule is CCOC(=O)c1cc(NC(=O)c2oc3c(c2C)C(=O)CCC3)cc(C(=O)OCC)c1. The van der Waals surface area contributed by atoms with Crippen LogP contribution >= 0.6 is 0 Å². The molecular weight excluding hydrogens is 390 g/mol. The summed E-state index contributed by atoms with van der Waals surface area (Å²) >= 11 is 0. The molecule has 1 amide bonds. The highest BCUT2D eigenvalue weighted by atomic mass is 16.5. The van der Waals surface area contributed by atoms with Crippen molar-refractivity contribution in [3.8, 4) is 0 Å². The topological polar surface area (TPSA) is 112 Å². The second-order valence-corrected chi connectivity index (χ2v) is 6.83. The van der Waals surface area contributed by atoms with Crippen LogP contribution in [-0.4, -0.2) is 36.8 Å². The standard InChI is InChI=1S/C22H23NO7/c1-4-28-21(26)13-9-14(22(27)29-5-2)11-15(10-13)23-20(25)19-12(3)18-16(24)7-6-8-17(18)30-19/h9-11H,4-8H2,1-3H3,(H,23,25). The van der Waals surface area contributed by atoms with Gasteiger partial charge in [-0.05, 0) is 45.4 Å². The zero-order chi connectivity index (χ0) is 21.8. The number of benzene rings is 1. The minimum absolute atomic E-state index is 0.0365. The second kappa shape index (κ2) is 8.94. The van der Waals surface area contributed by atoms with Gasteiger partial charge in [0, 0.05) is 24.1 Å². The molecule has 1 aromatic heterocycles. The van der Waals surface area contributed by atoms with Crippen LogP contribution in [0.1, 0.15) is 79.6 Å². The molecule has 158 valence electrons. The molecule has 1 aliphatic carbocycles. The number of carbonyl (C=O) groups excluding carboxylic acids is 4. The summed E-state index contributed by atoms with van der Waals surface area (Å²) in [5, 5.41) is 2.64. The summed E-state index contributed by atoms with van der Waals surface area (Å²) in [5.74, 6) is -1.32. The first-order chi connectivity index (χ1) is 14.3. The molecule has 0 atom stereocenters. The van der Waals surface area contributed by atoms with Gasteiger partial charge >= 0.3 is 11.9 Å². The normalized spacial score (nSPS) is 12.8. The Morgan fingerprint density at radius 3 is 2.13 bits per heavy atom. The Balaban J connectivity index is 1.93. The molecule has 3 rings (SSSR count). The number of furan rings is 1. The molecule has 8 nitrogen and oxygen atoms in total. The molecular formula is C22H23NO7. The fourth-order valence-corrected chi connectivity index (χ4v) is 3.42. The number of carbonyl (C=O) groups is 4. The predicted molar refractivity (Wildman–Crippen MR) is 107 cm³/mol. The molecule has 2 aromatic rings. The van der Waals surface area contributed by atoms with E-state index in [1.165, 1.54) is 18.2 Å². The van der Waals surface area contributed by atoms with Crippen molar-refractivity contribution in [2.24, 2.45) is 0 Å². The Kier molecular flexibility index (Phi) is 6.34. The first-order valence-corrected chi connectivity index (χ1v) is 9.81. The monoisotopic (exact) mass is 413 g/mol. The highest BCUT2D eigenvalue weighted by Crippen LogP contribution is 2.30. The first-order valence-electron chi connectivity index (χ1n) is 9.81. The molecule has 0 fully saturated rings. The van der Waals surface area contributed by atoms with Gasteiger partial charge < -0.3 is 19.2 Å². The average Bonchev–Trinajstić information content (AvgIpc) is 3.06. The minimum atomic E-state index is -0.630. The second-order valence-electron chi connectivity index (χ2n) is 6.83. The molecule has 8 heteroatoms. The lowest BCUT2D eigenvalue weighted by Gasteiger charge is -2.10. The van der Waals surface area contributed by atoms with Gasteiger partial charge in [0.2, 0.25) is 0 Å². The summed E-state index contributed by atoms with van der Waals surface area (Å²) in [6.45, 7) is 5.32. The van der Waals surface area contributed by atoms with E-state index in [1.54, 1.807) is 20.8 Å². The van der Waals surface area contributed by atoms with Crippen LogP contribution in [0.25, 0.3) is 0 Å². The summed E-state index contributed by atoms with van der Waals surface area (Å²) in [5.41, 5.74) is 1.36. The molecule has 0 aliphatic heterocycles.